The van der Waals surface area contributed by atoms with Crippen LogP contribution in [0.25, 0.3) is 11.4 Å². The predicted octanol–water partition coefficient (Wildman–Crippen LogP) is 1.71. The van der Waals surface area contributed by atoms with E-state index in [-0.39, 0.29) is 22.7 Å². The van der Waals surface area contributed by atoms with Crippen molar-refractivity contribution in [2.75, 3.05) is 48.3 Å². The van der Waals surface area contributed by atoms with Crippen molar-refractivity contribution < 1.29 is 13.2 Å². The molecule has 7 nitrogen and oxygen atoms in total. The molecule has 0 saturated carbocycles. The average Bonchev–Trinajstić information content (AvgIpc) is 3.11. The Bertz CT molecular complexity index is 961. The van der Waals surface area contributed by atoms with Gasteiger partial charge in [-0.2, -0.15) is 0 Å². The lowest BCUT2D eigenvalue weighted by atomic mass is 10.2. The van der Waals surface area contributed by atoms with Crippen LogP contribution in [0.4, 0.5) is 5.82 Å². The molecule has 29 heavy (non-hydrogen) atoms. The lowest BCUT2D eigenvalue weighted by Crippen LogP contribution is -2.49. The van der Waals surface area contributed by atoms with Gasteiger partial charge in [-0.15, -0.1) is 11.8 Å². The van der Waals surface area contributed by atoms with Crippen LogP contribution in [0, 0.1) is 0 Å². The first-order chi connectivity index (χ1) is 14.0. The van der Waals surface area contributed by atoms with E-state index in [1.807, 2.05) is 41.3 Å². The number of benzene rings is 1. The topological polar surface area (TPSA) is 83.5 Å². The molecule has 1 aromatic heterocycles. The van der Waals surface area contributed by atoms with Crippen LogP contribution in [0.3, 0.4) is 0 Å². The first-order valence-corrected chi connectivity index (χ1v) is 12.6. The van der Waals surface area contributed by atoms with E-state index in [2.05, 4.69) is 14.9 Å². The zero-order valence-electron chi connectivity index (χ0n) is 16.1. The standard InChI is InChI=1S/C20H24N4O3S2/c25-19(14-28-17-7-13-29(26,27)15-17)24-11-9-23(10-12-24)18-6-8-21-20(22-18)16-4-2-1-3-5-16/h1-6,8,17H,7,9-15H2. The Morgan fingerprint density at radius 3 is 2.55 bits per heavy atom. The van der Waals surface area contributed by atoms with Gasteiger partial charge in [0.2, 0.25) is 5.91 Å². The zero-order chi connectivity index (χ0) is 20.3. The van der Waals surface area contributed by atoms with Crippen LogP contribution >= 0.6 is 11.8 Å². The van der Waals surface area contributed by atoms with Crippen LogP contribution in [-0.2, 0) is 14.6 Å². The summed E-state index contributed by atoms with van der Waals surface area (Å²) < 4.78 is 23.1. The number of hydrogen-bond donors (Lipinski definition) is 0. The molecule has 0 radical (unpaired) electrons. The Morgan fingerprint density at radius 2 is 1.86 bits per heavy atom. The molecule has 2 saturated heterocycles. The highest BCUT2D eigenvalue weighted by Gasteiger charge is 2.29. The molecule has 0 bridgehead atoms. The molecule has 0 N–H and O–H groups in total. The Balaban J connectivity index is 1.30. The Kier molecular flexibility index (Phi) is 6.05. The highest BCUT2D eigenvalue weighted by molar-refractivity contribution is 8.02. The summed E-state index contributed by atoms with van der Waals surface area (Å²) in [5, 5.41) is 0.0580. The minimum atomic E-state index is -2.89. The molecular weight excluding hydrogens is 408 g/mol. The van der Waals surface area contributed by atoms with Crippen LogP contribution in [0.1, 0.15) is 6.42 Å². The molecule has 2 aromatic rings. The van der Waals surface area contributed by atoms with Gasteiger partial charge in [-0.25, -0.2) is 18.4 Å². The van der Waals surface area contributed by atoms with E-state index in [9.17, 15) is 13.2 Å². The molecular formula is C20H24N4O3S2. The van der Waals surface area contributed by atoms with Crippen molar-refractivity contribution in [3.63, 3.8) is 0 Å². The second kappa shape index (κ2) is 8.71. The molecule has 1 aromatic carbocycles. The van der Waals surface area contributed by atoms with Gasteiger partial charge in [-0.1, -0.05) is 30.3 Å². The van der Waals surface area contributed by atoms with Crippen molar-refractivity contribution in [3.05, 3.63) is 42.6 Å². The fraction of sp³-hybridized carbons (Fsp3) is 0.450. The van der Waals surface area contributed by atoms with Crippen LogP contribution in [-0.4, -0.2) is 77.9 Å². The fourth-order valence-electron chi connectivity index (χ4n) is 3.61. The quantitative estimate of drug-likeness (QED) is 0.711. The second-order valence-corrected chi connectivity index (χ2v) is 10.8. The number of amides is 1. The number of piperazine rings is 1. The Hall–Kier alpha value is -2.13. The van der Waals surface area contributed by atoms with E-state index < -0.39 is 9.84 Å². The summed E-state index contributed by atoms with van der Waals surface area (Å²) in [4.78, 5) is 25.6. The maximum Gasteiger partial charge on any atom is 0.232 e. The molecule has 2 aliphatic heterocycles. The molecule has 9 heteroatoms. The molecule has 2 aliphatic rings. The molecule has 1 unspecified atom stereocenters. The predicted molar refractivity (Wildman–Crippen MR) is 116 cm³/mol. The first-order valence-electron chi connectivity index (χ1n) is 9.73. The van der Waals surface area contributed by atoms with Crippen LogP contribution in [0.2, 0.25) is 0 Å². The van der Waals surface area contributed by atoms with E-state index in [1.54, 1.807) is 6.20 Å². The number of nitrogens with zero attached hydrogens (tertiary/aromatic N) is 4. The third-order valence-electron chi connectivity index (χ3n) is 5.26. The summed E-state index contributed by atoms with van der Waals surface area (Å²) in [7, 11) is -2.89. The van der Waals surface area contributed by atoms with E-state index in [4.69, 9.17) is 0 Å². The van der Waals surface area contributed by atoms with Crippen molar-refractivity contribution in [3.8, 4) is 11.4 Å². The largest absolute Gasteiger partial charge is 0.353 e. The maximum atomic E-state index is 12.5. The summed E-state index contributed by atoms with van der Waals surface area (Å²) in [6.45, 7) is 2.74. The minimum absolute atomic E-state index is 0.0580. The van der Waals surface area contributed by atoms with Crippen LogP contribution < -0.4 is 4.90 Å². The number of thioether (sulfide) groups is 1. The SMILES string of the molecule is O=C(CSC1CCS(=O)(=O)C1)N1CCN(c2ccnc(-c3ccccc3)n2)CC1. The number of hydrogen-bond acceptors (Lipinski definition) is 7. The number of carbonyl (C=O) groups is 1. The Labute approximate surface area is 175 Å². The van der Waals surface area contributed by atoms with Gasteiger partial charge in [-0.05, 0) is 12.5 Å². The van der Waals surface area contributed by atoms with Gasteiger partial charge in [-0.3, -0.25) is 4.79 Å². The lowest BCUT2D eigenvalue weighted by Gasteiger charge is -2.35. The van der Waals surface area contributed by atoms with Gasteiger partial charge >= 0.3 is 0 Å². The number of anilines is 1. The van der Waals surface area contributed by atoms with Crippen molar-refractivity contribution in [2.24, 2.45) is 0 Å². The van der Waals surface area contributed by atoms with Gasteiger partial charge in [0.15, 0.2) is 15.7 Å². The van der Waals surface area contributed by atoms with E-state index in [0.717, 1.165) is 24.5 Å². The average molecular weight is 433 g/mol. The maximum absolute atomic E-state index is 12.5. The molecule has 1 atom stereocenters. The van der Waals surface area contributed by atoms with E-state index >= 15 is 0 Å². The molecule has 3 heterocycles. The fourth-order valence-corrected chi connectivity index (χ4v) is 7.15. The van der Waals surface area contributed by atoms with E-state index in [0.29, 0.717) is 31.1 Å². The summed E-state index contributed by atoms with van der Waals surface area (Å²) in [6, 6.07) is 11.8. The second-order valence-electron chi connectivity index (χ2n) is 7.31. The molecule has 154 valence electrons. The molecule has 2 fully saturated rings. The molecule has 0 spiro atoms. The molecule has 4 rings (SSSR count). The number of sulfone groups is 1. The zero-order valence-corrected chi connectivity index (χ0v) is 17.7. The van der Waals surface area contributed by atoms with Gasteiger partial charge in [0, 0.05) is 43.2 Å². The smallest absolute Gasteiger partial charge is 0.232 e. The third-order valence-corrected chi connectivity index (χ3v) is 8.53. The summed E-state index contributed by atoms with van der Waals surface area (Å²) in [6.07, 6.45) is 2.43. The summed E-state index contributed by atoms with van der Waals surface area (Å²) in [5.41, 5.74) is 0.981. The normalized spacial score (nSPS) is 21.3. The summed E-state index contributed by atoms with van der Waals surface area (Å²) >= 11 is 1.48. The van der Waals surface area contributed by atoms with Crippen molar-refractivity contribution in [2.45, 2.75) is 11.7 Å². The van der Waals surface area contributed by atoms with Crippen LogP contribution in [0.5, 0.6) is 0 Å². The lowest BCUT2D eigenvalue weighted by molar-refractivity contribution is -0.128. The van der Waals surface area contributed by atoms with Gasteiger partial charge < -0.3 is 9.80 Å². The number of carbonyl (C=O) groups excluding carboxylic acids is 1. The summed E-state index contributed by atoms with van der Waals surface area (Å²) in [5.74, 6) is 2.47. The molecule has 1 amide bonds. The number of rotatable bonds is 5. The minimum Gasteiger partial charge on any atom is -0.353 e. The van der Waals surface area contributed by atoms with Gasteiger partial charge in [0.1, 0.15) is 5.82 Å². The Morgan fingerprint density at radius 1 is 1.10 bits per heavy atom. The van der Waals surface area contributed by atoms with Crippen molar-refractivity contribution in [1.29, 1.82) is 0 Å². The first kappa shape index (κ1) is 20.2. The van der Waals surface area contributed by atoms with Crippen molar-refractivity contribution >= 4 is 33.3 Å². The highest BCUT2D eigenvalue weighted by atomic mass is 32.2. The van der Waals surface area contributed by atoms with Crippen molar-refractivity contribution in [1.82, 2.24) is 14.9 Å². The van der Waals surface area contributed by atoms with Crippen LogP contribution in [0.15, 0.2) is 42.6 Å². The van der Waals surface area contributed by atoms with E-state index in [1.165, 1.54) is 11.8 Å². The van der Waals surface area contributed by atoms with Gasteiger partial charge in [0.05, 0.1) is 17.3 Å². The number of aromatic nitrogens is 2. The van der Waals surface area contributed by atoms with Gasteiger partial charge in [0.25, 0.3) is 0 Å². The monoisotopic (exact) mass is 432 g/mol. The highest BCUT2D eigenvalue weighted by Crippen LogP contribution is 2.25. The molecule has 0 aliphatic carbocycles. The third kappa shape index (κ3) is 5.08.